The molecule has 22 heavy (non-hydrogen) atoms. The maximum atomic E-state index is 10.4. The van der Waals surface area contributed by atoms with Crippen LogP contribution < -0.4 is 4.52 Å². The van der Waals surface area contributed by atoms with E-state index in [0.29, 0.717) is 4.96 Å². The van der Waals surface area contributed by atoms with E-state index in [1.54, 1.807) is 6.20 Å². The zero-order chi connectivity index (χ0) is 14.9. The molecule has 4 aromatic rings. The molecule has 0 fully saturated rings. The Bertz CT molecular complexity index is 936. The molecule has 1 N–H and O–H groups in total. The number of thiazole rings is 1. The van der Waals surface area contributed by atoms with Crippen LogP contribution in [0.15, 0.2) is 66.9 Å². The summed E-state index contributed by atoms with van der Waals surface area (Å²) in [5.41, 5.74) is 2.76. The van der Waals surface area contributed by atoms with Crippen LogP contribution in [-0.4, -0.2) is 15.2 Å². The SMILES string of the molecule is Oc1c(-c2ccccc2)sc2nc(-c3ccccc3)cn[n+]12. The van der Waals surface area contributed by atoms with Crippen molar-refractivity contribution in [1.82, 2.24) is 10.1 Å². The maximum Gasteiger partial charge on any atom is 0.412 e. The minimum Gasteiger partial charge on any atom is -0.475 e. The monoisotopic (exact) mass is 306 g/mol. The van der Waals surface area contributed by atoms with E-state index in [-0.39, 0.29) is 5.88 Å². The molecule has 0 saturated heterocycles. The Morgan fingerprint density at radius 2 is 1.50 bits per heavy atom. The van der Waals surface area contributed by atoms with Crippen LogP contribution in [0, 0.1) is 0 Å². The summed E-state index contributed by atoms with van der Waals surface area (Å²) in [6, 6.07) is 19.6. The fourth-order valence-electron chi connectivity index (χ4n) is 2.31. The number of aromatic nitrogens is 3. The third-order valence-electron chi connectivity index (χ3n) is 3.40. The minimum absolute atomic E-state index is 0.123. The van der Waals surface area contributed by atoms with Crippen molar-refractivity contribution in [2.75, 3.05) is 0 Å². The first kappa shape index (κ1) is 12.9. The van der Waals surface area contributed by atoms with Gasteiger partial charge < -0.3 is 5.11 Å². The van der Waals surface area contributed by atoms with E-state index in [0.717, 1.165) is 21.7 Å². The van der Waals surface area contributed by atoms with Gasteiger partial charge in [-0.3, -0.25) is 0 Å². The van der Waals surface area contributed by atoms with Crippen LogP contribution in [0.2, 0.25) is 0 Å². The fourth-order valence-corrected chi connectivity index (χ4v) is 3.29. The van der Waals surface area contributed by atoms with E-state index < -0.39 is 0 Å². The van der Waals surface area contributed by atoms with E-state index in [4.69, 9.17) is 0 Å². The van der Waals surface area contributed by atoms with Crippen molar-refractivity contribution in [3.05, 3.63) is 66.9 Å². The molecule has 0 atom stereocenters. The average Bonchev–Trinajstić information content (AvgIpc) is 2.93. The Hall–Kier alpha value is -2.79. The molecule has 0 aliphatic carbocycles. The molecule has 2 aromatic carbocycles. The van der Waals surface area contributed by atoms with Gasteiger partial charge in [-0.05, 0) is 26.4 Å². The van der Waals surface area contributed by atoms with Gasteiger partial charge in [0.2, 0.25) is 5.69 Å². The molecule has 0 saturated carbocycles. The van der Waals surface area contributed by atoms with Crippen molar-refractivity contribution in [3.63, 3.8) is 0 Å². The van der Waals surface area contributed by atoms with E-state index in [1.165, 1.54) is 15.9 Å². The Labute approximate surface area is 131 Å². The number of nitrogens with zero attached hydrogens (tertiary/aromatic N) is 3. The van der Waals surface area contributed by atoms with Crippen LogP contribution in [0.3, 0.4) is 0 Å². The van der Waals surface area contributed by atoms with Gasteiger partial charge in [-0.25, -0.2) is 0 Å². The molecule has 5 heteroatoms. The van der Waals surface area contributed by atoms with Gasteiger partial charge in [0.05, 0.1) is 0 Å². The fraction of sp³-hybridized carbons (Fsp3) is 0. The Balaban J connectivity index is 1.88. The predicted molar refractivity (Wildman–Crippen MR) is 85.6 cm³/mol. The highest BCUT2D eigenvalue weighted by atomic mass is 32.1. The maximum absolute atomic E-state index is 10.4. The highest BCUT2D eigenvalue weighted by Gasteiger charge is 2.23. The van der Waals surface area contributed by atoms with Gasteiger partial charge in [-0.2, -0.15) is 0 Å². The summed E-state index contributed by atoms with van der Waals surface area (Å²) in [6.07, 6.45) is 1.67. The molecule has 0 radical (unpaired) electrons. The van der Waals surface area contributed by atoms with Gasteiger partial charge in [0.25, 0.3) is 0 Å². The lowest BCUT2D eigenvalue weighted by molar-refractivity contribution is -0.586. The Morgan fingerprint density at radius 1 is 0.864 bits per heavy atom. The summed E-state index contributed by atoms with van der Waals surface area (Å²) in [6.45, 7) is 0. The van der Waals surface area contributed by atoms with Gasteiger partial charge in [0.15, 0.2) is 0 Å². The summed E-state index contributed by atoms with van der Waals surface area (Å²) >= 11 is 1.43. The molecule has 0 bridgehead atoms. The number of rotatable bonds is 2. The van der Waals surface area contributed by atoms with E-state index >= 15 is 0 Å². The smallest absolute Gasteiger partial charge is 0.412 e. The van der Waals surface area contributed by atoms with Crippen LogP contribution in [0.25, 0.3) is 26.7 Å². The Morgan fingerprint density at radius 3 is 2.18 bits per heavy atom. The molecule has 0 unspecified atom stereocenters. The quantitative estimate of drug-likeness (QED) is 0.578. The highest BCUT2D eigenvalue weighted by Crippen LogP contribution is 2.33. The molecule has 2 heterocycles. The topological polar surface area (TPSA) is 50.1 Å². The molecule has 4 nitrogen and oxygen atoms in total. The molecular weight excluding hydrogens is 294 g/mol. The van der Waals surface area contributed by atoms with Crippen molar-refractivity contribution in [1.29, 1.82) is 0 Å². The summed E-state index contributed by atoms with van der Waals surface area (Å²) in [5.74, 6) is 0.123. The van der Waals surface area contributed by atoms with Crippen LogP contribution in [-0.2, 0) is 0 Å². The lowest BCUT2D eigenvalue weighted by Gasteiger charge is -1.94. The van der Waals surface area contributed by atoms with E-state index in [1.807, 2.05) is 60.7 Å². The van der Waals surface area contributed by atoms with Crippen molar-refractivity contribution < 1.29 is 9.62 Å². The second-order valence-electron chi connectivity index (χ2n) is 4.82. The third-order valence-corrected chi connectivity index (χ3v) is 4.46. The molecule has 0 amide bonds. The first-order valence-corrected chi connectivity index (χ1v) is 7.66. The number of hydrogen-bond donors (Lipinski definition) is 1. The zero-order valence-corrected chi connectivity index (χ0v) is 12.4. The molecule has 0 spiro atoms. The lowest BCUT2D eigenvalue weighted by Crippen LogP contribution is -2.24. The molecular formula is C17H12N3OS+. The van der Waals surface area contributed by atoms with E-state index in [9.17, 15) is 5.11 Å². The highest BCUT2D eigenvalue weighted by molar-refractivity contribution is 7.20. The summed E-state index contributed by atoms with van der Waals surface area (Å²) in [7, 11) is 0. The van der Waals surface area contributed by atoms with Crippen molar-refractivity contribution in [2.24, 2.45) is 0 Å². The number of fused-ring (bicyclic) bond motifs is 1. The van der Waals surface area contributed by atoms with Crippen LogP contribution >= 0.6 is 11.3 Å². The predicted octanol–water partition coefficient (Wildman–Crippen LogP) is 3.32. The number of benzene rings is 2. The zero-order valence-electron chi connectivity index (χ0n) is 11.5. The minimum atomic E-state index is 0.123. The lowest BCUT2D eigenvalue weighted by atomic mass is 10.2. The third kappa shape index (κ3) is 2.12. The van der Waals surface area contributed by atoms with Crippen molar-refractivity contribution in [3.8, 4) is 27.6 Å². The molecule has 0 aliphatic heterocycles. The second-order valence-corrected chi connectivity index (χ2v) is 5.80. The van der Waals surface area contributed by atoms with Crippen LogP contribution in [0.4, 0.5) is 0 Å². The molecule has 4 rings (SSSR count). The van der Waals surface area contributed by atoms with E-state index in [2.05, 4.69) is 10.1 Å². The summed E-state index contributed by atoms with van der Waals surface area (Å²) in [5, 5.41) is 14.7. The van der Waals surface area contributed by atoms with Gasteiger partial charge in [-0.1, -0.05) is 65.8 Å². The van der Waals surface area contributed by atoms with Gasteiger partial charge in [0, 0.05) is 5.56 Å². The Kier molecular flexibility index (Phi) is 3.05. The molecule has 106 valence electrons. The van der Waals surface area contributed by atoms with Crippen LogP contribution in [0.5, 0.6) is 5.88 Å². The second kappa shape index (κ2) is 5.20. The summed E-state index contributed by atoms with van der Waals surface area (Å²) in [4.78, 5) is 6.05. The average molecular weight is 306 g/mol. The van der Waals surface area contributed by atoms with Crippen molar-refractivity contribution in [2.45, 2.75) is 0 Å². The molecule has 0 aliphatic rings. The number of hydrogen-bond acceptors (Lipinski definition) is 4. The van der Waals surface area contributed by atoms with Gasteiger partial charge in [-0.15, -0.1) is 0 Å². The summed E-state index contributed by atoms with van der Waals surface area (Å²) < 4.78 is 1.47. The van der Waals surface area contributed by atoms with Gasteiger partial charge in [0.1, 0.15) is 11.1 Å². The standard InChI is InChI=1S/C17H11N3OS/c21-16-15(13-9-5-2-6-10-13)22-17-19-14(11-18-20(16)17)12-7-3-1-4-8-12/h1-11H/p+1. The molecule has 2 aromatic heterocycles. The largest absolute Gasteiger partial charge is 0.475 e. The van der Waals surface area contributed by atoms with Gasteiger partial charge >= 0.3 is 10.8 Å². The first-order valence-electron chi connectivity index (χ1n) is 6.84. The normalized spacial score (nSPS) is 10.9. The first-order chi connectivity index (χ1) is 10.8. The number of aromatic hydroxyl groups is 1. The van der Waals surface area contributed by atoms with Crippen molar-refractivity contribution >= 4 is 16.3 Å². The van der Waals surface area contributed by atoms with Crippen LogP contribution in [0.1, 0.15) is 0 Å².